The molecule has 0 saturated carbocycles. The zero-order chi connectivity index (χ0) is 7.28. The highest BCUT2D eigenvalue weighted by atomic mass is 16.5. The first-order valence-electron chi connectivity index (χ1n) is 2.99. The SMILES string of the molecule is [2H]COC(=O)C(C)CO. The molecule has 3 nitrogen and oxygen atoms in total. The van der Waals surface area contributed by atoms with E-state index in [0.29, 0.717) is 0 Å². The topological polar surface area (TPSA) is 46.5 Å². The van der Waals surface area contributed by atoms with Gasteiger partial charge in [0.1, 0.15) is 0 Å². The zero-order valence-electron chi connectivity index (χ0n) is 5.76. The molecule has 1 atom stereocenters. The third kappa shape index (κ3) is 1.93. The molecule has 0 radical (unpaired) electrons. The van der Waals surface area contributed by atoms with Crippen molar-refractivity contribution in [3.63, 3.8) is 0 Å². The number of carbonyl (C=O) groups excluding carboxylic acids is 1. The van der Waals surface area contributed by atoms with Crippen LogP contribution in [-0.4, -0.2) is 24.8 Å². The maximum Gasteiger partial charge on any atom is 0.310 e. The van der Waals surface area contributed by atoms with Gasteiger partial charge in [0.2, 0.25) is 0 Å². The van der Waals surface area contributed by atoms with Crippen LogP contribution in [0.15, 0.2) is 0 Å². The van der Waals surface area contributed by atoms with E-state index in [1.54, 1.807) is 0 Å². The van der Waals surface area contributed by atoms with Crippen molar-refractivity contribution < 1.29 is 16.0 Å². The van der Waals surface area contributed by atoms with Gasteiger partial charge in [-0.2, -0.15) is 0 Å². The third-order valence-electron chi connectivity index (χ3n) is 0.818. The van der Waals surface area contributed by atoms with Crippen LogP contribution in [0.25, 0.3) is 0 Å². The zero-order valence-corrected chi connectivity index (χ0v) is 4.76. The standard InChI is InChI=1S/C5H10O3/c1-4(3-6)5(7)8-2/h4,6H,3H2,1-2H3/i2D. The Kier molecular flexibility index (Phi) is 2.39. The second-order valence-electron chi connectivity index (χ2n) is 1.55. The number of methoxy groups -OCH3 is 1. The van der Waals surface area contributed by atoms with E-state index in [0.717, 1.165) is 0 Å². The highest BCUT2D eigenvalue weighted by Crippen LogP contribution is 1.93. The Hall–Kier alpha value is -0.570. The van der Waals surface area contributed by atoms with Crippen LogP contribution in [0.2, 0.25) is 0 Å². The molecule has 0 rings (SSSR count). The second kappa shape index (κ2) is 3.43. The molecule has 0 aromatic heterocycles. The predicted molar refractivity (Wildman–Crippen MR) is 28.3 cm³/mol. The van der Waals surface area contributed by atoms with Gasteiger partial charge in [0.05, 0.1) is 21.0 Å². The Morgan fingerprint density at radius 2 is 2.75 bits per heavy atom. The summed E-state index contributed by atoms with van der Waals surface area (Å²) < 4.78 is 10.7. The Morgan fingerprint density at radius 1 is 2.12 bits per heavy atom. The largest absolute Gasteiger partial charge is 0.469 e. The molecule has 0 aliphatic carbocycles. The van der Waals surface area contributed by atoms with Crippen molar-refractivity contribution in [2.75, 3.05) is 13.7 Å². The molecule has 0 aliphatic rings. The summed E-state index contributed by atoms with van der Waals surface area (Å²) in [5.41, 5.74) is 0. The van der Waals surface area contributed by atoms with Crippen LogP contribution in [0.4, 0.5) is 0 Å². The van der Waals surface area contributed by atoms with Gasteiger partial charge in [-0.1, -0.05) is 0 Å². The monoisotopic (exact) mass is 119 g/mol. The van der Waals surface area contributed by atoms with Crippen LogP contribution >= 0.6 is 0 Å². The van der Waals surface area contributed by atoms with Crippen molar-refractivity contribution in [2.45, 2.75) is 6.92 Å². The minimum absolute atomic E-state index is 0.223. The van der Waals surface area contributed by atoms with Gasteiger partial charge >= 0.3 is 5.97 Å². The smallest absolute Gasteiger partial charge is 0.310 e. The van der Waals surface area contributed by atoms with Crippen molar-refractivity contribution in [1.29, 1.82) is 0 Å². The van der Waals surface area contributed by atoms with Crippen molar-refractivity contribution in [2.24, 2.45) is 5.92 Å². The van der Waals surface area contributed by atoms with Gasteiger partial charge in [0, 0.05) is 0 Å². The second-order valence-corrected chi connectivity index (χ2v) is 1.55. The Morgan fingerprint density at radius 3 is 3.12 bits per heavy atom. The van der Waals surface area contributed by atoms with Crippen LogP contribution in [0.1, 0.15) is 8.29 Å². The van der Waals surface area contributed by atoms with E-state index in [2.05, 4.69) is 4.74 Å². The molecular weight excluding hydrogens is 108 g/mol. The minimum atomic E-state index is -0.521. The molecule has 0 aliphatic heterocycles. The first-order chi connectivity index (χ1) is 4.22. The van der Waals surface area contributed by atoms with Crippen molar-refractivity contribution in [3.8, 4) is 0 Å². The summed E-state index contributed by atoms with van der Waals surface area (Å²) in [7, 11) is -0.372. The molecule has 1 unspecified atom stereocenters. The first kappa shape index (κ1) is 5.56. The van der Waals surface area contributed by atoms with Crippen molar-refractivity contribution in [1.82, 2.24) is 0 Å². The lowest BCUT2D eigenvalue weighted by Crippen LogP contribution is -2.15. The van der Waals surface area contributed by atoms with Crippen LogP contribution in [-0.2, 0) is 9.53 Å². The van der Waals surface area contributed by atoms with E-state index in [-0.39, 0.29) is 13.7 Å². The van der Waals surface area contributed by atoms with Crippen LogP contribution < -0.4 is 0 Å². The molecule has 0 aromatic carbocycles. The summed E-state index contributed by atoms with van der Waals surface area (Å²) in [6, 6.07) is 0. The van der Waals surface area contributed by atoms with Crippen molar-refractivity contribution >= 4 is 5.97 Å². The number of carbonyl (C=O) groups is 1. The van der Waals surface area contributed by atoms with E-state index in [9.17, 15) is 4.79 Å². The summed E-state index contributed by atoms with van der Waals surface area (Å²) in [6.07, 6.45) is 0. The fourth-order valence-electron chi connectivity index (χ4n) is 0.217. The molecule has 8 heavy (non-hydrogen) atoms. The summed E-state index contributed by atoms with van der Waals surface area (Å²) >= 11 is 0. The summed E-state index contributed by atoms with van der Waals surface area (Å²) in [5.74, 6) is -1.03. The maximum absolute atomic E-state index is 10.5. The molecular formula is C5H10O3. The van der Waals surface area contributed by atoms with E-state index in [1.165, 1.54) is 6.92 Å². The highest BCUT2D eigenvalue weighted by Gasteiger charge is 2.09. The molecule has 3 heteroatoms. The number of aliphatic hydroxyl groups excluding tert-OH is 1. The van der Waals surface area contributed by atoms with E-state index >= 15 is 0 Å². The normalized spacial score (nSPS) is 14.5. The van der Waals surface area contributed by atoms with Gasteiger partial charge in [0.25, 0.3) is 0 Å². The van der Waals surface area contributed by atoms with Gasteiger partial charge < -0.3 is 9.84 Å². The predicted octanol–water partition coefficient (Wildman–Crippen LogP) is -0.212. The van der Waals surface area contributed by atoms with E-state index in [1.807, 2.05) is 0 Å². The van der Waals surface area contributed by atoms with Crippen LogP contribution in [0.3, 0.4) is 0 Å². The third-order valence-corrected chi connectivity index (χ3v) is 0.818. The quantitative estimate of drug-likeness (QED) is 0.511. The lowest BCUT2D eigenvalue weighted by molar-refractivity contribution is -0.146. The number of ether oxygens (including phenoxy) is 1. The van der Waals surface area contributed by atoms with Gasteiger partial charge in [0.15, 0.2) is 0 Å². The number of esters is 1. The van der Waals surface area contributed by atoms with Gasteiger partial charge in [-0.25, -0.2) is 0 Å². The van der Waals surface area contributed by atoms with Crippen LogP contribution in [0.5, 0.6) is 0 Å². The molecule has 0 heterocycles. The summed E-state index contributed by atoms with van der Waals surface area (Å²) in [5, 5.41) is 8.37. The van der Waals surface area contributed by atoms with Gasteiger partial charge in [-0.15, -0.1) is 0 Å². The Labute approximate surface area is 49.7 Å². The molecule has 0 fully saturated rings. The Bertz CT molecular complexity index is 94.2. The fraction of sp³-hybridized carbons (Fsp3) is 0.800. The first-order valence-corrected chi connectivity index (χ1v) is 2.29. The number of hydrogen-bond donors (Lipinski definition) is 1. The number of hydrogen-bond acceptors (Lipinski definition) is 3. The molecule has 48 valence electrons. The lowest BCUT2D eigenvalue weighted by Gasteiger charge is -2.02. The molecule has 0 aromatic rings. The van der Waals surface area contributed by atoms with E-state index in [4.69, 9.17) is 6.48 Å². The molecule has 0 bridgehead atoms. The summed E-state index contributed by atoms with van der Waals surface area (Å²) in [4.78, 5) is 10.5. The molecule has 0 spiro atoms. The fourth-order valence-corrected chi connectivity index (χ4v) is 0.217. The maximum atomic E-state index is 10.5. The highest BCUT2D eigenvalue weighted by molar-refractivity contribution is 5.71. The lowest BCUT2D eigenvalue weighted by atomic mass is 10.2. The Balaban J connectivity index is 3.46. The average Bonchev–Trinajstić information content (AvgIpc) is 1.87. The molecule has 1 N–H and O–H groups in total. The van der Waals surface area contributed by atoms with Crippen molar-refractivity contribution in [3.05, 3.63) is 0 Å². The van der Waals surface area contributed by atoms with Gasteiger partial charge in [-0.3, -0.25) is 4.79 Å². The minimum Gasteiger partial charge on any atom is -0.469 e. The van der Waals surface area contributed by atoms with Gasteiger partial charge in [-0.05, 0) is 6.92 Å². The summed E-state index contributed by atoms with van der Waals surface area (Å²) in [6.45, 7) is 1.32. The number of rotatable bonds is 2. The van der Waals surface area contributed by atoms with Crippen LogP contribution in [0, 0.1) is 5.92 Å². The average molecular weight is 119 g/mol. The molecule has 0 amide bonds. The molecule has 0 saturated heterocycles. The number of aliphatic hydroxyl groups is 1. The van der Waals surface area contributed by atoms with E-state index < -0.39 is 11.9 Å².